The average molecular weight is 336 g/mol. The van der Waals surface area contributed by atoms with Crippen molar-refractivity contribution < 1.29 is 23.4 Å². The first-order valence-corrected chi connectivity index (χ1v) is 9.13. The van der Waals surface area contributed by atoms with E-state index in [-0.39, 0.29) is 6.10 Å². The number of ether oxygens (including phenoxy) is 4. The minimum absolute atomic E-state index is 0.00211. The molecule has 1 saturated heterocycles. The highest BCUT2D eigenvalue weighted by Crippen LogP contribution is 2.30. The Kier molecular flexibility index (Phi) is 6.35. The molecule has 0 aliphatic carbocycles. The van der Waals surface area contributed by atoms with Crippen molar-refractivity contribution in [1.82, 2.24) is 0 Å². The van der Waals surface area contributed by atoms with E-state index in [0.717, 1.165) is 55.3 Å². The van der Waals surface area contributed by atoms with E-state index in [1.165, 1.54) is 19.4 Å². The highest BCUT2D eigenvalue weighted by atomic mass is 16.6. The van der Waals surface area contributed by atoms with Crippen LogP contribution in [0.25, 0.3) is 0 Å². The molecule has 0 saturated carbocycles. The number of quaternary nitrogens is 1. The van der Waals surface area contributed by atoms with E-state index in [0.29, 0.717) is 13.2 Å². The number of benzene rings is 1. The van der Waals surface area contributed by atoms with Gasteiger partial charge in [-0.15, -0.1) is 0 Å². The van der Waals surface area contributed by atoms with Gasteiger partial charge in [0.1, 0.15) is 19.7 Å². The van der Waals surface area contributed by atoms with Crippen molar-refractivity contribution in [3.05, 3.63) is 24.3 Å². The van der Waals surface area contributed by atoms with Gasteiger partial charge in [-0.25, -0.2) is 0 Å². The summed E-state index contributed by atoms with van der Waals surface area (Å²) in [5.41, 5.74) is 0. The summed E-state index contributed by atoms with van der Waals surface area (Å²) in [6.45, 7) is 7.33. The zero-order valence-electron chi connectivity index (χ0n) is 14.7. The van der Waals surface area contributed by atoms with Gasteiger partial charge < -0.3 is 23.4 Å². The van der Waals surface area contributed by atoms with Crippen LogP contribution in [0.4, 0.5) is 0 Å². The quantitative estimate of drug-likeness (QED) is 0.540. The van der Waals surface area contributed by atoms with Crippen molar-refractivity contribution >= 4 is 0 Å². The summed E-state index contributed by atoms with van der Waals surface area (Å²) in [6.07, 6.45) is 3.59. The van der Waals surface area contributed by atoms with E-state index >= 15 is 0 Å². The maximum Gasteiger partial charge on any atom is 0.161 e. The molecule has 2 aliphatic rings. The second-order valence-corrected chi connectivity index (χ2v) is 7.04. The molecule has 1 atom stereocenters. The number of likely N-dealkylation sites (N-methyl/N-ethyl adjacent to an activating group) is 1. The normalized spacial score (nSPS) is 22.3. The molecule has 0 radical (unpaired) electrons. The van der Waals surface area contributed by atoms with Gasteiger partial charge in [0.2, 0.25) is 0 Å². The smallest absolute Gasteiger partial charge is 0.161 e. The van der Waals surface area contributed by atoms with Crippen molar-refractivity contribution in [2.45, 2.75) is 25.4 Å². The molecule has 2 heterocycles. The number of morpholine rings is 1. The van der Waals surface area contributed by atoms with Gasteiger partial charge in [0.05, 0.1) is 33.4 Å². The molecule has 1 aromatic rings. The summed E-state index contributed by atoms with van der Waals surface area (Å²) in [7, 11) is 2.34. The maximum atomic E-state index is 5.89. The van der Waals surface area contributed by atoms with Crippen LogP contribution in [0.2, 0.25) is 0 Å². The number of hydrogen-bond acceptors (Lipinski definition) is 4. The standard InChI is InChI=1S/C19H30NO4/c1-20(10-13-21-14-11-20)9-5-2-6-12-22-15-17-16-23-18-7-3-4-8-19(18)24-17/h3-4,7-8,17H,2,5-6,9-16H2,1H3/q+1. The number of fused-ring (bicyclic) bond motifs is 1. The van der Waals surface area contributed by atoms with Gasteiger partial charge in [-0.1, -0.05) is 12.1 Å². The summed E-state index contributed by atoms with van der Waals surface area (Å²) in [6, 6.07) is 7.79. The summed E-state index contributed by atoms with van der Waals surface area (Å²) in [5.74, 6) is 1.65. The third-order valence-electron chi connectivity index (χ3n) is 4.91. The van der Waals surface area contributed by atoms with E-state index in [1.807, 2.05) is 24.3 Å². The first-order valence-electron chi connectivity index (χ1n) is 9.13. The van der Waals surface area contributed by atoms with Crippen LogP contribution in [0.5, 0.6) is 11.5 Å². The number of nitrogens with zero attached hydrogens (tertiary/aromatic N) is 1. The largest absolute Gasteiger partial charge is 0.486 e. The molecule has 0 spiro atoms. The summed E-state index contributed by atoms with van der Waals surface area (Å²) < 4.78 is 24.0. The zero-order chi connectivity index (χ0) is 16.7. The lowest BCUT2D eigenvalue weighted by Gasteiger charge is -2.37. The Balaban J connectivity index is 1.23. The van der Waals surface area contributed by atoms with Crippen LogP contribution >= 0.6 is 0 Å². The van der Waals surface area contributed by atoms with Gasteiger partial charge in [0.15, 0.2) is 17.6 Å². The molecule has 0 aromatic heterocycles. The Bertz CT molecular complexity index is 502. The molecule has 0 bridgehead atoms. The topological polar surface area (TPSA) is 36.9 Å². The number of rotatable bonds is 8. The Labute approximate surface area is 145 Å². The molecular formula is C19H30NO4+. The SMILES string of the molecule is C[N+]1(CCCCCOCC2COc3ccccc3O2)CCOCC1. The van der Waals surface area contributed by atoms with Crippen LogP contribution in [-0.2, 0) is 9.47 Å². The second kappa shape index (κ2) is 8.70. The van der Waals surface area contributed by atoms with Crippen LogP contribution in [0, 0.1) is 0 Å². The fourth-order valence-corrected chi connectivity index (χ4v) is 3.24. The maximum absolute atomic E-state index is 5.89. The molecule has 1 fully saturated rings. The molecular weight excluding hydrogens is 306 g/mol. The van der Waals surface area contributed by atoms with Gasteiger partial charge >= 0.3 is 0 Å². The molecule has 3 rings (SSSR count). The van der Waals surface area contributed by atoms with E-state index in [9.17, 15) is 0 Å². The van der Waals surface area contributed by atoms with Crippen LogP contribution in [0.15, 0.2) is 24.3 Å². The van der Waals surface area contributed by atoms with E-state index < -0.39 is 0 Å². The van der Waals surface area contributed by atoms with Crippen LogP contribution < -0.4 is 9.47 Å². The van der Waals surface area contributed by atoms with Crippen LogP contribution in [0.3, 0.4) is 0 Å². The number of para-hydroxylation sites is 2. The number of unbranched alkanes of at least 4 members (excludes halogenated alkanes) is 2. The average Bonchev–Trinajstić information content (AvgIpc) is 2.61. The van der Waals surface area contributed by atoms with Crippen LogP contribution in [-0.4, -0.2) is 70.3 Å². The third kappa shape index (κ3) is 5.10. The van der Waals surface area contributed by atoms with E-state index in [1.54, 1.807) is 0 Å². The minimum atomic E-state index is -0.00211. The van der Waals surface area contributed by atoms with E-state index in [4.69, 9.17) is 18.9 Å². The lowest BCUT2D eigenvalue weighted by molar-refractivity contribution is -0.917. The molecule has 134 valence electrons. The predicted molar refractivity (Wildman–Crippen MR) is 92.6 cm³/mol. The van der Waals surface area contributed by atoms with Gasteiger partial charge in [-0.2, -0.15) is 0 Å². The fourth-order valence-electron chi connectivity index (χ4n) is 3.24. The first-order chi connectivity index (χ1) is 11.8. The second-order valence-electron chi connectivity index (χ2n) is 7.04. The van der Waals surface area contributed by atoms with Gasteiger partial charge in [-0.05, 0) is 31.4 Å². The zero-order valence-corrected chi connectivity index (χ0v) is 14.7. The molecule has 24 heavy (non-hydrogen) atoms. The molecule has 1 unspecified atom stereocenters. The predicted octanol–water partition coefficient (Wildman–Crippen LogP) is 2.49. The Morgan fingerprint density at radius 3 is 2.71 bits per heavy atom. The molecule has 2 aliphatic heterocycles. The lowest BCUT2D eigenvalue weighted by Crippen LogP contribution is -2.52. The van der Waals surface area contributed by atoms with Crippen molar-refractivity contribution in [3.8, 4) is 11.5 Å². The lowest BCUT2D eigenvalue weighted by atomic mass is 10.2. The Morgan fingerprint density at radius 2 is 1.88 bits per heavy atom. The van der Waals surface area contributed by atoms with Gasteiger partial charge in [0.25, 0.3) is 0 Å². The highest BCUT2D eigenvalue weighted by molar-refractivity contribution is 5.40. The Hall–Kier alpha value is -1.30. The summed E-state index contributed by atoms with van der Waals surface area (Å²) >= 11 is 0. The van der Waals surface area contributed by atoms with Crippen molar-refractivity contribution in [2.75, 3.05) is 59.7 Å². The van der Waals surface area contributed by atoms with Crippen molar-refractivity contribution in [1.29, 1.82) is 0 Å². The fraction of sp³-hybridized carbons (Fsp3) is 0.684. The molecule has 5 heteroatoms. The third-order valence-corrected chi connectivity index (χ3v) is 4.91. The van der Waals surface area contributed by atoms with Crippen molar-refractivity contribution in [3.63, 3.8) is 0 Å². The summed E-state index contributed by atoms with van der Waals surface area (Å²) in [5, 5.41) is 0. The molecule has 1 aromatic carbocycles. The monoisotopic (exact) mass is 336 g/mol. The molecule has 0 amide bonds. The summed E-state index contributed by atoms with van der Waals surface area (Å²) in [4.78, 5) is 0. The highest BCUT2D eigenvalue weighted by Gasteiger charge is 2.24. The first kappa shape index (κ1) is 17.5. The Morgan fingerprint density at radius 1 is 1.08 bits per heavy atom. The molecule has 0 N–H and O–H groups in total. The van der Waals surface area contributed by atoms with Gasteiger partial charge in [0, 0.05) is 6.61 Å². The van der Waals surface area contributed by atoms with E-state index in [2.05, 4.69) is 7.05 Å². The molecule has 5 nitrogen and oxygen atoms in total. The van der Waals surface area contributed by atoms with Crippen molar-refractivity contribution in [2.24, 2.45) is 0 Å². The van der Waals surface area contributed by atoms with Gasteiger partial charge in [-0.3, -0.25) is 0 Å². The minimum Gasteiger partial charge on any atom is -0.486 e. The number of hydrogen-bond donors (Lipinski definition) is 0. The van der Waals surface area contributed by atoms with Crippen LogP contribution in [0.1, 0.15) is 19.3 Å².